The van der Waals surface area contributed by atoms with Crippen LogP contribution in [0.1, 0.15) is 43.1 Å². The standard InChI is InChI=1S/C15H20O3S/c1-15(2,3)19(17,18)9-8-12-10-11-6-4-5-7-13(11)14(12)16/h4-7,12H,8-10H2,1-3H3. The van der Waals surface area contributed by atoms with Gasteiger partial charge in [-0.1, -0.05) is 24.3 Å². The number of hydrogen-bond acceptors (Lipinski definition) is 3. The summed E-state index contributed by atoms with van der Waals surface area (Å²) in [4.78, 5) is 12.2. The minimum absolute atomic E-state index is 0.0842. The predicted molar refractivity (Wildman–Crippen MR) is 76.1 cm³/mol. The predicted octanol–water partition coefficient (Wildman–Crippen LogP) is 2.65. The first-order chi connectivity index (χ1) is 8.72. The van der Waals surface area contributed by atoms with E-state index in [1.54, 1.807) is 20.8 Å². The van der Waals surface area contributed by atoms with E-state index >= 15 is 0 Å². The molecule has 1 aromatic carbocycles. The summed E-state index contributed by atoms with van der Waals surface area (Å²) in [6.07, 6.45) is 1.10. The van der Waals surface area contributed by atoms with Gasteiger partial charge in [0.2, 0.25) is 0 Å². The highest BCUT2D eigenvalue weighted by Gasteiger charge is 2.34. The second-order valence-corrected chi connectivity index (χ2v) is 9.00. The van der Waals surface area contributed by atoms with Crippen LogP contribution in [-0.4, -0.2) is 24.7 Å². The molecule has 0 aromatic heterocycles. The van der Waals surface area contributed by atoms with Gasteiger partial charge in [-0.25, -0.2) is 8.42 Å². The van der Waals surface area contributed by atoms with Gasteiger partial charge in [0.05, 0.1) is 10.5 Å². The van der Waals surface area contributed by atoms with E-state index in [1.807, 2.05) is 24.3 Å². The molecular weight excluding hydrogens is 260 g/mol. The number of carbonyl (C=O) groups is 1. The Morgan fingerprint density at radius 3 is 2.42 bits per heavy atom. The summed E-state index contributed by atoms with van der Waals surface area (Å²) in [6.45, 7) is 5.11. The highest BCUT2D eigenvalue weighted by Crippen LogP contribution is 2.30. The molecule has 1 atom stereocenters. The number of fused-ring (bicyclic) bond motifs is 1. The second-order valence-electron chi connectivity index (χ2n) is 6.14. The lowest BCUT2D eigenvalue weighted by Crippen LogP contribution is -2.31. The molecule has 0 saturated heterocycles. The molecule has 0 fully saturated rings. The molecule has 1 aliphatic rings. The van der Waals surface area contributed by atoms with Crippen molar-refractivity contribution in [3.8, 4) is 0 Å². The summed E-state index contributed by atoms with van der Waals surface area (Å²) in [7, 11) is -3.15. The number of Topliss-reactive ketones (excluding diaryl/α,β-unsaturated/α-hetero) is 1. The van der Waals surface area contributed by atoms with Crippen LogP contribution in [0.15, 0.2) is 24.3 Å². The summed E-state index contributed by atoms with van der Waals surface area (Å²) >= 11 is 0. The number of carbonyl (C=O) groups excluding carboxylic acids is 1. The molecule has 2 rings (SSSR count). The van der Waals surface area contributed by atoms with E-state index in [4.69, 9.17) is 0 Å². The highest BCUT2D eigenvalue weighted by atomic mass is 32.2. The van der Waals surface area contributed by atoms with Gasteiger partial charge < -0.3 is 0 Å². The Morgan fingerprint density at radius 1 is 1.21 bits per heavy atom. The Kier molecular flexibility index (Phi) is 3.56. The van der Waals surface area contributed by atoms with E-state index in [1.165, 1.54) is 0 Å². The number of ketones is 1. The van der Waals surface area contributed by atoms with E-state index in [0.29, 0.717) is 12.8 Å². The first kappa shape index (κ1) is 14.3. The Balaban J connectivity index is 2.07. The smallest absolute Gasteiger partial charge is 0.166 e. The molecule has 0 bridgehead atoms. The number of benzene rings is 1. The van der Waals surface area contributed by atoms with Crippen LogP contribution in [0.25, 0.3) is 0 Å². The largest absolute Gasteiger partial charge is 0.294 e. The van der Waals surface area contributed by atoms with E-state index in [2.05, 4.69) is 0 Å². The van der Waals surface area contributed by atoms with Crippen LogP contribution in [0, 0.1) is 5.92 Å². The van der Waals surface area contributed by atoms with Crippen LogP contribution >= 0.6 is 0 Å². The number of sulfone groups is 1. The monoisotopic (exact) mass is 280 g/mol. The SMILES string of the molecule is CC(C)(C)S(=O)(=O)CCC1Cc2ccccc2C1=O. The molecule has 4 heteroatoms. The van der Waals surface area contributed by atoms with Gasteiger partial charge >= 0.3 is 0 Å². The summed E-state index contributed by atoms with van der Waals surface area (Å²) in [5.74, 6) is 0.00944. The first-order valence-electron chi connectivity index (χ1n) is 6.57. The molecule has 0 radical (unpaired) electrons. The van der Waals surface area contributed by atoms with Crippen LogP contribution in [0.3, 0.4) is 0 Å². The average Bonchev–Trinajstić information content (AvgIpc) is 2.63. The second kappa shape index (κ2) is 4.75. The summed E-state index contributed by atoms with van der Waals surface area (Å²) < 4.78 is 23.4. The highest BCUT2D eigenvalue weighted by molar-refractivity contribution is 7.92. The Labute approximate surface area is 114 Å². The third kappa shape index (κ3) is 2.73. The van der Waals surface area contributed by atoms with Crippen molar-refractivity contribution in [2.24, 2.45) is 5.92 Å². The van der Waals surface area contributed by atoms with E-state index in [0.717, 1.165) is 11.1 Å². The minimum atomic E-state index is -3.15. The van der Waals surface area contributed by atoms with Crippen LogP contribution in [0.4, 0.5) is 0 Å². The van der Waals surface area contributed by atoms with Crippen LogP contribution in [0.2, 0.25) is 0 Å². The van der Waals surface area contributed by atoms with E-state index < -0.39 is 14.6 Å². The topological polar surface area (TPSA) is 51.2 Å². The molecule has 19 heavy (non-hydrogen) atoms. The first-order valence-corrected chi connectivity index (χ1v) is 8.22. The summed E-state index contributed by atoms with van der Waals surface area (Å²) in [6, 6.07) is 7.55. The van der Waals surface area contributed by atoms with Crippen molar-refractivity contribution in [2.45, 2.75) is 38.4 Å². The third-order valence-electron chi connectivity index (χ3n) is 3.79. The molecule has 0 amide bonds. The minimum Gasteiger partial charge on any atom is -0.294 e. The zero-order chi connectivity index (χ0) is 14.3. The summed E-state index contributed by atoms with van der Waals surface area (Å²) in [5.41, 5.74) is 1.81. The fourth-order valence-electron chi connectivity index (χ4n) is 2.35. The van der Waals surface area contributed by atoms with Gasteiger partial charge in [0.15, 0.2) is 15.6 Å². The molecule has 104 valence electrons. The van der Waals surface area contributed by atoms with Crippen LogP contribution in [0.5, 0.6) is 0 Å². The lowest BCUT2D eigenvalue weighted by atomic mass is 10.0. The number of rotatable bonds is 3. The van der Waals surface area contributed by atoms with Crippen LogP contribution < -0.4 is 0 Å². The third-order valence-corrected chi connectivity index (χ3v) is 6.43. The zero-order valence-corrected chi connectivity index (χ0v) is 12.5. The molecule has 3 nitrogen and oxygen atoms in total. The fraction of sp³-hybridized carbons (Fsp3) is 0.533. The van der Waals surface area contributed by atoms with Gasteiger partial charge in [-0.05, 0) is 39.2 Å². The fourth-order valence-corrected chi connectivity index (χ4v) is 3.56. The van der Waals surface area contributed by atoms with Crippen molar-refractivity contribution < 1.29 is 13.2 Å². The Bertz CT molecular complexity index is 594. The molecule has 0 aliphatic heterocycles. The van der Waals surface area contributed by atoms with E-state index in [-0.39, 0.29) is 17.5 Å². The maximum absolute atomic E-state index is 12.2. The maximum Gasteiger partial charge on any atom is 0.166 e. The van der Waals surface area contributed by atoms with Gasteiger partial charge in [-0.15, -0.1) is 0 Å². The quantitative estimate of drug-likeness (QED) is 0.855. The van der Waals surface area contributed by atoms with Crippen molar-refractivity contribution in [2.75, 3.05) is 5.75 Å². The number of hydrogen-bond donors (Lipinski definition) is 0. The van der Waals surface area contributed by atoms with Crippen molar-refractivity contribution >= 4 is 15.6 Å². The van der Waals surface area contributed by atoms with Crippen molar-refractivity contribution in [3.05, 3.63) is 35.4 Å². The Morgan fingerprint density at radius 2 is 1.84 bits per heavy atom. The van der Waals surface area contributed by atoms with Gasteiger partial charge in [0, 0.05) is 11.5 Å². The lowest BCUT2D eigenvalue weighted by Gasteiger charge is -2.20. The summed E-state index contributed by atoms with van der Waals surface area (Å²) in [5, 5.41) is 0. The van der Waals surface area contributed by atoms with Gasteiger partial charge in [-0.2, -0.15) is 0 Å². The Hall–Kier alpha value is -1.16. The molecule has 0 saturated carbocycles. The van der Waals surface area contributed by atoms with Gasteiger partial charge in [0.25, 0.3) is 0 Å². The maximum atomic E-state index is 12.2. The van der Waals surface area contributed by atoms with Gasteiger partial charge in [0.1, 0.15) is 0 Å². The van der Waals surface area contributed by atoms with Crippen molar-refractivity contribution in [1.82, 2.24) is 0 Å². The molecule has 1 unspecified atom stereocenters. The molecule has 0 N–H and O–H groups in total. The molecule has 1 aliphatic carbocycles. The van der Waals surface area contributed by atoms with Crippen molar-refractivity contribution in [1.29, 1.82) is 0 Å². The van der Waals surface area contributed by atoms with Gasteiger partial charge in [-0.3, -0.25) is 4.79 Å². The zero-order valence-electron chi connectivity index (χ0n) is 11.6. The molecule has 1 aromatic rings. The van der Waals surface area contributed by atoms with Crippen LogP contribution in [-0.2, 0) is 16.3 Å². The molecule has 0 spiro atoms. The molecular formula is C15H20O3S. The lowest BCUT2D eigenvalue weighted by molar-refractivity contribution is 0.0934. The molecule has 0 heterocycles. The normalized spacial score (nSPS) is 19.5. The van der Waals surface area contributed by atoms with E-state index in [9.17, 15) is 13.2 Å². The average molecular weight is 280 g/mol. The van der Waals surface area contributed by atoms with Crippen molar-refractivity contribution in [3.63, 3.8) is 0 Å².